The molecule has 0 radical (unpaired) electrons. The van der Waals surface area contributed by atoms with E-state index in [0.717, 1.165) is 30.6 Å². The molecule has 0 spiro atoms. The highest BCUT2D eigenvalue weighted by Gasteiger charge is 2.31. The van der Waals surface area contributed by atoms with Crippen LogP contribution in [0.4, 0.5) is 16.2 Å². The quantitative estimate of drug-likeness (QED) is 0.753. The minimum Gasteiger partial charge on any atom is -0.425 e. The van der Waals surface area contributed by atoms with E-state index in [0.29, 0.717) is 30.1 Å². The predicted molar refractivity (Wildman–Crippen MR) is 118 cm³/mol. The van der Waals surface area contributed by atoms with Crippen LogP contribution in [-0.2, 0) is 20.7 Å². The maximum Gasteiger partial charge on any atom is 0.413 e. The van der Waals surface area contributed by atoms with E-state index in [1.54, 1.807) is 34.1 Å². The molecule has 0 aliphatic carbocycles. The SMILES string of the molecule is O=C(Nc1ccc(Cl)cc1)O[C@H]1CCCN1C(=O)Cc1ccc(N2CCCC2=O)cc1. The standard InChI is InChI=1S/C23H24ClN3O4/c24-17-7-9-18(10-8-17)25-23(30)31-22-4-2-14-27(22)21(29)15-16-5-11-19(12-6-16)26-13-1-3-20(26)28/h5-12,22H,1-4,13-15H2,(H,25,30)/t22-/m0/s1. The van der Waals surface area contributed by atoms with E-state index >= 15 is 0 Å². The summed E-state index contributed by atoms with van der Waals surface area (Å²) in [4.78, 5) is 40.3. The molecule has 1 N–H and O–H groups in total. The van der Waals surface area contributed by atoms with Gasteiger partial charge in [-0.2, -0.15) is 0 Å². The number of benzene rings is 2. The van der Waals surface area contributed by atoms with Crippen LogP contribution in [-0.4, -0.2) is 42.1 Å². The van der Waals surface area contributed by atoms with Crippen LogP contribution in [0.1, 0.15) is 31.2 Å². The third-order valence-electron chi connectivity index (χ3n) is 5.53. The first-order chi connectivity index (χ1) is 15.0. The number of amides is 3. The van der Waals surface area contributed by atoms with Gasteiger partial charge in [-0.25, -0.2) is 4.79 Å². The minimum absolute atomic E-state index is 0.0909. The number of halogens is 1. The van der Waals surface area contributed by atoms with E-state index < -0.39 is 12.3 Å². The number of carbonyl (C=O) groups is 3. The molecule has 1 atom stereocenters. The molecule has 3 amide bonds. The molecule has 2 saturated heterocycles. The summed E-state index contributed by atoms with van der Waals surface area (Å²) in [5, 5.41) is 3.23. The van der Waals surface area contributed by atoms with E-state index in [1.165, 1.54) is 0 Å². The van der Waals surface area contributed by atoms with E-state index in [4.69, 9.17) is 16.3 Å². The van der Waals surface area contributed by atoms with Crippen LogP contribution >= 0.6 is 11.6 Å². The zero-order chi connectivity index (χ0) is 21.8. The number of nitrogens with zero attached hydrogens (tertiary/aromatic N) is 2. The lowest BCUT2D eigenvalue weighted by molar-refractivity contribution is -0.137. The van der Waals surface area contributed by atoms with Crippen LogP contribution in [0.5, 0.6) is 0 Å². The average Bonchev–Trinajstić information content (AvgIpc) is 3.39. The second-order valence-electron chi connectivity index (χ2n) is 7.71. The van der Waals surface area contributed by atoms with Gasteiger partial charge in [0.1, 0.15) is 0 Å². The Bertz CT molecular complexity index is 962. The molecule has 8 heteroatoms. The lowest BCUT2D eigenvalue weighted by atomic mass is 10.1. The van der Waals surface area contributed by atoms with Crippen molar-refractivity contribution in [2.45, 2.75) is 38.3 Å². The highest BCUT2D eigenvalue weighted by molar-refractivity contribution is 6.30. The maximum absolute atomic E-state index is 12.8. The molecule has 2 heterocycles. The van der Waals surface area contributed by atoms with Crippen LogP contribution in [0.15, 0.2) is 48.5 Å². The van der Waals surface area contributed by atoms with Crippen molar-refractivity contribution in [3.63, 3.8) is 0 Å². The smallest absolute Gasteiger partial charge is 0.413 e. The van der Waals surface area contributed by atoms with Gasteiger partial charge < -0.3 is 14.5 Å². The Labute approximate surface area is 185 Å². The van der Waals surface area contributed by atoms with E-state index in [-0.39, 0.29) is 18.2 Å². The summed E-state index contributed by atoms with van der Waals surface area (Å²) >= 11 is 5.85. The maximum atomic E-state index is 12.8. The third kappa shape index (κ3) is 5.17. The Morgan fingerprint density at radius 2 is 1.77 bits per heavy atom. The highest BCUT2D eigenvalue weighted by Crippen LogP contribution is 2.24. The number of nitrogens with one attached hydrogen (secondary N) is 1. The first-order valence-electron chi connectivity index (χ1n) is 10.4. The van der Waals surface area contributed by atoms with Gasteiger partial charge in [-0.1, -0.05) is 23.7 Å². The number of rotatable bonds is 5. The molecule has 2 aromatic rings. The normalized spacial score (nSPS) is 18.4. The fourth-order valence-electron chi connectivity index (χ4n) is 3.94. The molecule has 2 aliphatic heterocycles. The first-order valence-corrected chi connectivity index (χ1v) is 10.8. The van der Waals surface area contributed by atoms with E-state index in [9.17, 15) is 14.4 Å². The Hall–Kier alpha value is -3.06. The molecule has 0 unspecified atom stereocenters. The average molecular weight is 442 g/mol. The molecule has 0 bridgehead atoms. The van der Waals surface area contributed by atoms with Crippen LogP contribution < -0.4 is 10.2 Å². The van der Waals surface area contributed by atoms with E-state index in [1.807, 2.05) is 24.3 Å². The molecule has 2 aliphatic rings. The molecule has 162 valence electrons. The third-order valence-corrected chi connectivity index (χ3v) is 5.78. The Kier molecular flexibility index (Phi) is 6.42. The van der Waals surface area contributed by atoms with Crippen molar-refractivity contribution in [2.24, 2.45) is 0 Å². The molecule has 31 heavy (non-hydrogen) atoms. The predicted octanol–water partition coefficient (Wildman–Crippen LogP) is 4.21. The lowest BCUT2D eigenvalue weighted by Crippen LogP contribution is -2.40. The van der Waals surface area contributed by atoms with Gasteiger partial charge in [-0.15, -0.1) is 0 Å². The van der Waals surface area contributed by atoms with Gasteiger partial charge in [0.05, 0.1) is 6.42 Å². The van der Waals surface area contributed by atoms with Crippen molar-refractivity contribution in [2.75, 3.05) is 23.3 Å². The Balaban J connectivity index is 1.32. The van der Waals surface area contributed by atoms with Crippen molar-refractivity contribution >= 4 is 40.9 Å². The molecule has 0 saturated carbocycles. The summed E-state index contributed by atoms with van der Waals surface area (Å²) < 4.78 is 5.49. The van der Waals surface area contributed by atoms with E-state index in [2.05, 4.69) is 5.32 Å². The molecular formula is C23H24ClN3O4. The van der Waals surface area contributed by atoms with Gasteiger partial charge in [0.25, 0.3) is 0 Å². The van der Waals surface area contributed by atoms with Crippen molar-refractivity contribution in [3.8, 4) is 0 Å². The topological polar surface area (TPSA) is 79.0 Å². The second-order valence-corrected chi connectivity index (χ2v) is 8.15. The van der Waals surface area contributed by atoms with Crippen LogP contribution in [0.2, 0.25) is 5.02 Å². The fraction of sp³-hybridized carbons (Fsp3) is 0.348. The monoisotopic (exact) mass is 441 g/mol. The van der Waals surface area contributed by atoms with Crippen LogP contribution in [0.25, 0.3) is 0 Å². The summed E-state index contributed by atoms with van der Waals surface area (Å²) in [6.45, 7) is 1.29. The molecule has 0 aromatic heterocycles. The Morgan fingerprint density at radius 3 is 2.45 bits per heavy atom. The Morgan fingerprint density at radius 1 is 1.03 bits per heavy atom. The zero-order valence-corrected chi connectivity index (χ0v) is 17.8. The number of hydrogen-bond acceptors (Lipinski definition) is 4. The van der Waals surface area contributed by atoms with Crippen molar-refractivity contribution in [3.05, 3.63) is 59.1 Å². The van der Waals surface area contributed by atoms with Crippen LogP contribution in [0, 0.1) is 0 Å². The number of likely N-dealkylation sites (tertiary alicyclic amines) is 1. The largest absolute Gasteiger partial charge is 0.425 e. The fourth-order valence-corrected chi connectivity index (χ4v) is 4.07. The number of ether oxygens (including phenoxy) is 1. The summed E-state index contributed by atoms with van der Waals surface area (Å²) in [6, 6.07) is 14.2. The van der Waals surface area contributed by atoms with Gasteiger partial charge in [0.15, 0.2) is 6.23 Å². The summed E-state index contributed by atoms with van der Waals surface area (Å²) in [5.41, 5.74) is 2.29. The molecular weight excluding hydrogens is 418 g/mol. The van der Waals surface area contributed by atoms with Crippen LogP contribution in [0.3, 0.4) is 0 Å². The number of carbonyl (C=O) groups excluding carboxylic acids is 3. The molecule has 2 aromatic carbocycles. The van der Waals surface area contributed by atoms with Crippen molar-refractivity contribution in [1.29, 1.82) is 0 Å². The first kappa shape index (κ1) is 21.2. The van der Waals surface area contributed by atoms with Gasteiger partial charge in [-0.05, 0) is 54.8 Å². The van der Waals surface area contributed by atoms with Gasteiger partial charge in [0.2, 0.25) is 11.8 Å². The number of hydrogen-bond donors (Lipinski definition) is 1. The zero-order valence-electron chi connectivity index (χ0n) is 17.1. The summed E-state index contributed by atoms with van der Waals surface area (Å²) in [5.74, 6) is 0.0459. The molecule has 4 rings (SSSR count). The summed E-state index contributed by atoms with van der Waals surface area (Å²) in [7, 11) is 0. The van der Waals surface area contributed by atoms with Crippen molar-refractivity contribution < 1.29 is 19.1 Å². The minimum atomic E-state index is -0.605. The number of anilines is 2. The van der Waals surface area contributed by atoms with Gasteiger partial charge in [0, 0.05) is 42.3 Å². The second kappa shape index (κ2) is 9.39. The van der Waals surface area contributed by atoms with Gasteiger partial charge >= 0.3 is 6.09 Å². The lowest BCUT2D eigenvalue weighted by Gasteiger charge is -2.24. The highest BCUT2D eigenvalue weighted by atomic mass is 35.5. The molecule has 7 nitrogen and oxygen atoms in total. The van der Waals surface area contributed by atoms with Gasteiger partial charge in [-0.3, -0.25) is 14.9 Å². The molecule has 2 fully saturated rings. The van der Waals surface area contributed by atoms with Crippen molar-refractivity contribution in [1.82, 2.24) is 4.90 Å². The summed E-state index contributed by atoms with van der Waals surface area (Å²) in [6.07, 6.45) is 1.87.